The van der Waals surface area contributed by atoms with Crippen LogP contribution in [0.1, 0.15) is 20.3 Å². The first-order valence-electron chi connectivity index (χ1n) is 4.39. The molecule has 0 aliphatic rings. The van der Waals surface area contributed by atoms with Gasteiger partial charge in [0.25, 0.3) is 0 Å². The van der Waals surface area contributed by atoms with Crippen molar-refractivity contribution in [2.75, 3.05) is 25.4 Å². The molecule has 0 heterocycles. The number of hydrogen-bond donors (Lipinski definition) is 2. The highest BCUT2D eigenvalue weighted by molar-refractivity contribution is 8.13. The number of nitrogens with one attached hydrogen (secondary N) is 1. The zero-order valence-electron chi connectivity index (χ0n) is 8.38. The minimum atomic E-state index is 0. The number of nitrogens with zero attached hydrogens (tertiary/aromatic N) is 1. The van der Waals surface area contributed by atoms with E-state index < -0.39 is 0 Å². The Morgan fingerprint density at radius 2 is 1.92 bits per heavy atom. The topological polar surface area (TPSA) is 53.1 Å². The molecular formula is C8H20ClN3S. The third kappa shape index (κ3) is 9.99. The van der Waals surface area contributed by atoms with E-state index in [2.05, 4.69) is 18.7 Å². The maximum Gasteiger partial charge on any atom is 0.151 e. The summed E-state index contributed by atoms with van der Waals surface area (Å²) in [5.41, 5.74) is 5.21. The van der Waals surface area contributed by atoms with Crippen LogP contribution in [-0.2, 0) is 0 Å². The van der Waals surface area contributed by atoms with E-state index in [4.69, 9.17) is 11.1 Å². The Kier molecular flexibility index (Phi) is 12.1. The van der Waals surface area contributed by atoms with E-state index in [1.807, 2.05) is 0 Å². The molecule has 0 aliphatic carbocycles. The first-order valence-corrected chi connectivity index (χ1v) is 5.38. The third-order valence-electron chi connectivity index (χ3n) is 1.77. The van der Waals surface area contributed by atoms with Crippen molar-refractivity contribution in [1.82, 2.24) is 4.90 Å². The van der Waals surface area contributed by atoms with Crippen molar-refractivity contribution in [2.45, 2.75) is 20.3 Å². The van der Waals surface area contributed by atoms with Gasteiger partial charge in [-0.2, -0.15) is 0 Å². The summed E-state index contributed by atoms with van der Waals surface area (Å²) in [4.78, 5) is 2.38. The van der Waals surface area contributed by atoms with E-state index in [-0.39, 0.29) is 17.6 Å². The van der Waals surface area contributed by atoms with Gasteiger partial charge in [-0.05, 0) is 26.1 Å². The summed E-state index contributed by atoms with van der Waals surface area (Å²) in [6, 6.07) is 0. The normalized spacial score (nSPS) is 9.77. The van der Waals surface area contributed by atoms with Crippen LogP contribution in [-0.4, -0.2) is 35.5 Å². The number of halogens is 1. The lowest BCUT2D eigenvalue weighted by Gasteiger charge is -2.17. The maximum absolute atomic E-state index is 7.00. The van der Waals surface area contributed by atoms with Crippen molar-refractivity contribution >= 4 is 29.3 Å². The molecule has 0 bridgehead atoms. The van der Waals surface area contributed by atoms with E-state index in [1.54, 1.807) is 0 Å². The van der Waals surface area contributed by atoms with E-state index in [1.165, 1.54) is 11.8 Å². The van der Waals surface area contributed by atoms with Crippen LogP contribution in [0.4, 0.5) is 0 Å². The van der Waals surface area contributed by atoms with Gasteiger partial charge in [0.15, 0.2) is 5.17 Å². The number of nitrogens with two attached hydrogens (primary N) is 1. The lowest BCUT2D eigenvalue weighted by atomic mass is 10.4. The van der Waals surface area contributed by atoms with Crippen LogP contribution in [0, 0.1) is 5.41 Å². The van der Waals surface area contributed by atoms with Gasteiger partial charge >= 0.3 is 0 Å². The van der Waals surface area contributed by atoms with E-state index in [9.17, 15) is 0 Å². The minimum absolute atomic E-state index is 0. The molecule has 0 fully saturated rings. The van der Waals surface area contributed by atoms with Crippen molar-refractivity contribution in [3.63, 3.8) is 0 Å². The summed E-state index contributed by atoms with van der Waals surface area (Å²) in [7, 11) is 0. The van der Waals surface area contributed by atoms with Crippen molar-refractivity contribution in [1.29, 1.82) is 5.41 Å². The summed E-state index contributed by atoms with van der Waals surface area (Å²) in [6.45, 7) is 7.68. The Bertz CT molecular complexity index is 129. The fraction of sp³-hybridized carbons (Fsp3) is 0.875. The number of rotatable bonds is 6. The number of thioether (sulfide) groups is 1. The van der Waals surface area contributed by atoms with Gasteiger partial charge in [0, 0.05) is 5.75 Å². The minimum Gasteiger partial charge on any atom is -0.379 e. The van der Waals surface area contributed by atoms with Crippen LogP contribution in [0.2, 0.25) is 0 Å². The average Bonchev–Trinajstić information content (AvgIpc) is 2.04. The van der Waals surface area contributed by atoms with Crippen LogP contribution >= 0.6 is 24.2 Å². The second-order valence-corrected chi connectivity index (χ2v) is 3.73. The SMILES string of the molecule is CCN(CC)CCCSC(=N)N.Cl. The van der Waals surface area contributed by atoms with Crippen LogP contribution in [0.25, 0.3) is 0 Å². The molecule has 0 saturated heterocycles. The van der Waals surface area contributed by atoms with Crippen molar-refractivity contribution in [3.8, 4) is 0 Å². The molecule has 0 amide bonds. The Morgan fingerprint density at radius 3 is 2.31 bits per heavy atom. The molecule has 80 valence electrons. The van der Waals surface area contributed by atoms with Gasteiger partial charge in [0.05, 0.1) is 0 Å². The average molecular weight is 226 g/mol. The summed E-state index contributed by atoms with van der Waals surface area (Å²) in [5.74, 6) is 0.964. The Labute approximate surface area is 91.4 Å². The molecule has 0 atom stereocenters. The summed E-state index contributed by atoms with van der Waals surface area (Å²) >= 11 is 1.43. The molecule has 0 spiro atoms. The van der Waals surface area contributed by atoms with Gasteiger partial charge in [-0.1, -0.05) is 25.6 Å². The largest absolute Gasteiger partial charge is 0.379 e. The van der Waals surface area contributed by atoms with E-state index in [0.29, 0.717) is 0 Å². The third-order valence-corrected chi connectivity index (χ3v) is 2.57. The van der Waals surface area contributed by atoms with E-state index in [0.717, 1.165) is 31.8 Å². The molecule has 0 unspecified atom stereocenters. The number of hydrogen-bond acceptors (Lipinski definition) is 3. The Hall–Kier alpha value is 0.0700. The van der Waals surface area contributed by atoms with Gasteiger partial charge < -0.3 is 10.6 Å². The van der Waals surface area contributed by atoms with Crippen molar-refractivity contribution < 1.29 is 0 Å². The summed E-state index contributed by atoms with van der Waals surface area (Å²) in [5, 5.41) is 7.23. The molecule has 0 aliphatic heterocycles. The second kappa shape index (κ2) is 10.2. The maximum atomic E-state index is 7.00. The Balaban J connectivity index is 0. The molecule has 3 nitrogen and oxygen atoms in total. The highest BCUT2D eigenvalue weighted by Gasteiger charge is 1.98. The van der Waals surface area contributed by atoms with Gasteiger partial charge in [-0.15, -0.1) is 12.4 Å². The highest BCUT2D eigenvalue weighted by atomic mass is 35.5. The molecule has 0 aromatic heterocycles. The molecular weight excluding hydrogens is 206 g/mol. The summed E-state index contributed by atoms with van der Waals surface area (Å²) in [6.07, 6.45) is 1.12. The van der Waals surface area contributed by atoms with Crippen LogP contribution < -0.4 is 5.73 Å². The second-order valence-electron chi connectivity index (χ2n) is 2.59. The van der Waals surface area contributed by atoms with Gasteiger partial charge in [0.2, 0.25) is 0 Å². The zero-order chi connectivity index (χ0) is 9.40. The lowest BCUT2D eigenvalue weighted by molar-refractivity contribution is 0.305. The predicted octanol–water partition coefficient (Wildman–Crippen LogP) is 1.77. The predicted molar refractivity (Wildman–Crippen MR) is 64.0 cm³/mol. The fourth-order valence-corrected chi connectivity index (χ4v) is 1.50. The summed E-state index contributed by atoms with van der Waals surface area (Å²) < 4.78 is 0. The molecule has 0 saturated carbocycles. The quantitative estimate of drug-likeness (QED) is 0.412. The van der Waals surface area contributed by atoms with Gasteiger partial charge in [0.1, 0.15) is 0 Å². The molecule has 5 heteroatoms. The molecule has 3 N–H and O–H groups in total. The highest BCUT2D eigenvalue weighted by Crippen LogP contribution is 2.01. The van der Waals surface area contributed by atoms with Crippen molar-refractivity contribution in [2.24, 2.45) is 5.73 Å². The molecule has 0 radical (unpaired) electrons. The lowest BCUT2D eigenvalue weighted by Crippen LogP contribution is -2.24. The zero-order valence-corrected chi connectivity index (χ0v) is 10.0. The van der Waals surface area contributed by atoms with E-state index >= 15 is 0 Å². The Morgan fingerprint density at radius 1 is 1.38 bits per heavy atom. The molecule has 0 aromatic rings. The smallest absolute Gasteiger partial charge is 0.151 e. The van der Waals surface area contributed by atoms with Crippen LogP contribution in [0.3, 0.4) is 0 Å². The number of amidine groups is 1. The standard InChI is InChI=1S/C8H19N3S.ClH/c1-3-11(4-2)6-5-7-12-8(9)10;/h3-7H2,1-2H3,(H3,9,10);1H. The van der Waals surface area contributed by atoms with Gasteiger partial charge in [-0.25, -0.2) is 0 Å². The first kappa shape index (κ1) is 15.5. The fourth-order valence-electron chi connectivity index (χ4n) is 1.01. The van der Waals surface area contributed by atoms with Crippen LogP contribution in [0.5, 0.6) is 0 Å². The molecule has 0 rings (SSSR count). The molecule has 0 aromatic carbocycles. The monoisotopic (exact) mass is 225 g/mol. The first-order chi connectivity index (χ1) is 5.70. The van der Waals surface area contributed by atoms with Gasteiger partial charge in [-0.3, -0.25) is 5.41 Å². The van der Waals surface area contributed by atoms with Crippen LogP contribution in [0.15, 0.2) is 0 Å². The van der Waals surface area contributed by atoms with Crippen molar-refractivity contribution in [3.05, 3.63) is 0 Å². The molecule has 13 heavy (non-hydrogen) atoms.